The van der Waals surface area contributed by atoms with Crippen molar-refractivity contribution in [1.82, 2.24) is 4.98 Å². The molecule has 3 heteroatoms. The molecule has 0 saturated heterocycles. The second kappa shape index (κ2) is 4.68. The Hall–Kier alpha value is -1.32. The van der Waals surface area contributed by atoms with Crippen molar-refractivity contribution in [3.63, 3.8) is 0 Å². The maximum absolute atomic E-state index is 5.30. The molecule has 16 heavy (non-hydrogen) atoms. The number of aryl methyl sites for hydroxylation is 1. The summed E-state index contributed by atoms with van der Waals surface area (Å²) >= 11 is 0. The summed E-state index contributed by atoms with van der Waals surface area (Å²) in [4.78, 5) is 3.37. The molecule has 0 aliphatic heterocycles. The molecule has 0 spiro atoms. The Balaban J connectivity index is 2.60. The predicted molar refractivity (Wildman–Crippen MR) is 64.4 cm³/mol. The highest BCUT2D eigenvalue weighted by atomic mass is 16.7. The highest BCUT2D eigenvalue weighted by molar-refractivity contribution is 5.84. The first-order valence-corrected chi connectivity index (χ1v) is 5.46. The van der Waals surface area contributed by atoms with Gasteiger partial charge in [0, 0.05) is 25.1 Å². The summed E-state index contributed by atoms with van der Waals surface area (Å²) in [5.74, 6) is 0. The van der Waals surface area contributed by atoms with Crippen LogP contribution in [0.4, 0.5) is 0 Å². The average Bonchev–Trinajstić information content (AvgIpc) is 2.69. The molecule has 0 radical (unpaired) electrons. The van der Waals surface area contributed by atoms with E-state index in [1.807, 2.05) is 12.1 Å². The van der Waals surface area contributed by atoms with Gasteiger partial charge in [0.25, 0.3) is 0 Å². The number of ether oxygens (including phenoxy) is 2. The zero-order chi connectivity index (χ0) is 11.5. The molecule has 2 aromatic rings. The summed E-state index contributed by atoms with van der Waals surface area (Å²) < 4.78 is 10.6. The number of hydrogen-bond donors (Lipinski definition) is 1. The van der Waals surface area contributed by atoms with Crippen LogP contribution in [0, 0.1) is 0 Å². The molecule has 0 fully saturated rings. The zero-order valence-corrected chi connectivity index (χ0v) is 9.91. The van der Waals surface area contributed by atoms with Crippen LogP contribution in [0.2, 0.25) is 0 Å². The van der Waals surface area contributed by atoms with Gasteiger partial charge in [-0.05, 0) is 18.1 Å². The molecule has 1 aromatic heterocycles. The lowest BCUT2D eigenvalue weighted by atomic mass is 10.1. The molecule has 0 amide bonds. The van der Waals surface area contributed by atoms with Crippen molar-refractivity contribution in [1.29, 1.82) is 0 Å². The molecule has 3 nitrogen and oxygen atoms in total. The second-order valence-electron chi connectivity index (χ2n) is 3.72. The molecule has 0 saturated carbocycles. The van der Waals surface area contributed by atoms with Crippen molar-refractivity contribution in [2.45, 2.75) is 19.6 Å². The van der Waals surface area contributed by atoms with E-state index in [9.17, 15) is 0 Å². The van der Waals surface area contributed by atoms with E-state index in [2.05, 4.69) is 24.0 Å². The largest absolute Gasteiger partial charge is 0.354 e. The minimum Gasteiger partial charge on any atom is -0.354 e. The quantitative estimate of drug-likeness (QED) is 0.802. The first-order chi connectivity index (χ1) is 7.81. The molecule has 0 atom stereocenters. The number of fused-ring (bicyclic) bond motifs is 1. The summed E-state index contributed by atoms with van der Waals surface area (Å²) in [6, 6.07) is 8.27. The van der Waals surface area contributed by atoms with Gasteiger partial charge in [0.15, 0.2) is 6.29 Å². The highest BCUT2D eigenvalue weighted by Crippen LogP contribution is 2.28. The lowest BCUT2D eigenvalue weighted by Gasteiger charge is -2.13. The van der Waals surface area contributed by atoms with Gasteiger partial charge in [-0.15, -0.1) is 0 Å². The minimum atomic E-state index is -0.317. The SMILES string of the molecule is CCc1c(C(OC)OC)[nH]c2ccccc12. The smallest absolute Gasteiger partial charge is 0.198 e. The number of rotatable bonds is 4. The van der Waals surface area contributed by atoms with E-state index in [-0.39, 0.29) is 6.29 Å². The number of hydrogen-bond acceptors (Lipinski definition) is 2. The molecule has 1 aromatic carbocycles. The Bertz CT molecular complexity index is 472. The monoisotopic (exact) mass is 219 g/mol. The maximum atomic E-state index is 5.30. The molecule has 86 valence electrons. The Kier molecular flexibility index (Phi) is 3.27. The number of benzene rings is 1. The van der Waals surface area contributed by atoms with E-state index in [1.54, 1.807) is 14.2 Å². The lowest BCUT2D eigenvalue weighted by Crippen LogP contribution is -2.06. The van der Waals surface area contributed by atoms with E-state index in [1.165, 1.54) is 10.9 Å². The summed E-state index contributed by atoms with van der Waals surface area (Å²) in [6.07, 6.45) is 0.644. The molecule has 0 bridgehead atoms. The number of aromatic amines is 1. The third-order valence-corrected chi connectivity index (χ3v) is 2.86. The van der Waals surface area contributed by atoms with Crippen molar-refractivity contribution < 1.29 is 9.47 Å². The Morgan fingerprint density at radius 3 is 2.50 bits per heavy atom. The summed E-state index contributed by atoms with van der Waals surface area (Å²) in [6.45, 7) is 2.14. The Morgan fingerprint density at radius 1 is 1.19 bits per heavy atom. The van der Waals surface area contributed by atoms with Gasteiger partial charge in [0.1, 0.15) is 0 Å². The zero-order valence-electron chi connectivity index (χ0n) is 9.91. The number of H-pyrrole nitrogens is 1. The first kappa shape index (κ1) is 11.2. The summed E-state index contributed by atoms with van der Waals surface area (Å²) in [5.41, 5.74) is 3.42. The molecule has 1 N–H and O–H groups in total. The number of nitrogens with one attached hydrogen (secondary N) is 1. The molecular formula is C13H17NO2. The van der Waals surface area contributed by atoms with Crippen molar-refractivity contribution in [3.05, 3.63) is 35.5 Å². The van der Waals surface area contributed by atoms with Crippen molar-refractivity contribution in [2.24, 2.45) is 0 Å². The number of aromatic nitrogens is 1. The van der Waals surface area contributed by atoms with Gasteiger partial charge in [0.2, 0.25) is 0 Å². The van der Waals surface area contributed by atoms with E-state index >= 15 is 0 Å². The third kappa shape index (κ3) is 1.72. The van der Waals surface area contributed by atoms with Crippen molar-refractivity contribution >= 4 is 10.9 Å². The van der Waals surface area contributed by atoms with Gasteiger partial charge >= 0.3 is 0 Å². The Labute approximate surface area is 95.4 Å². The fourth-order valence-corrected chi connectivity index (χ4v) is 2.13. The van der Waals surface area contributed by atoms with E-state index in [0.717, 1.165) is 17.6 Å². The standard InChI is InChI=1S/C13H17NO2/c1-4-9-10-7-5-6-8-11(10)14-12(9)13(15-2)16-3/h5-8,13-14H,4H2,1-3H3. The first-order valence-electron chi connectivity index (χ1n) is 5.46. The van der Waals surface area contributed by atoms with Crippen LogP contribution in [0.25, 0.3) is 10.9 Å². The van der Waals surface area contributed by atoms with E-state index in [4.69, 9.17) is 9.47 Å². The lowest BCUT2D eigenvalue weighted by molar-refractivity contribution is -0.108. The third-order valence-electron chi connectivity index (χ3n) is 2.86. The number of para-hydroxylation sites is 1. The van der Waals surface area contributed by atoms with Gasteiger partial charge in [-0.25, -0.2) is 0 Å². The molecule has 0 aliphatic rings. The van der Waals surface area contributed by atoms with Crippen LogP contribution >= 0.6 is 0 Å². The van der Waals surface area contributed by atoms with Crippen LogP contribution in [-0.2, 0) is 15.9 Å². The fourth-order valence-electron chi connectivity index (χ4n) is 2.13. The van der Waals surface area contributed by atoms with Crippen LogP contribution in [0.3, 0.4) is 0 Å². The van der Waals surface area contributed by atoms with Gasteiger partial charge in [-0.1, -0.05) is 25.1 Å². The van der Waals surface area contributed by atoms with Crippen LogP contribution < -0.4 is 0 Å². The molecule has 1 heterocycles. The summed E-state index contributed by atoms with van der Waals surface area (Å²) in [7, 11) is 3.30. The number of methoxy groups -OCH3 is 2. The Morgan fingerprint density at radius 2 is 1.88 bits per heavy atom. The van der Waals surface area contributed by atoms with Crippen molar-refractivity contribution in [2.75, 3.05) is 14.2 Å². The molecule has 0 aliphatic carbocycles. The van der Waals surface area contributed by atoms with Crippen molar-refractivity contribution in [3.8, 4) is 0 Å². The topological polar surface area (TPSA) is 34.2 Å². The second-order valence-corrected chi connectivity index (χ2v) is 3.72. The highest BCUT2D eigenvalue weighted by Gasteiger charge is 2.17. The van der Waals surface area contributed by atoms with E-state index < -0.39 is 0 Å². The van der Waals surface area contributed by atoms with Crippen LogP contribution in [-0.4, -0.2) is 19.2 Å². The van der Waals surface area contributed by atoms with Crippen LogP contribution in [0.15, 0.2) is 24.3 Å². The van der Waals surface area contributed by atoms with Crippen LogP contribution in [0.5, 0.6) is 0 Å². The fraction of sp³-hybridized carbons (Fsp3) is 0.385. The molecular weight excluding hydrogens is 202 g/mol. The minimum absolute atomic E-state index is 0.317. The molecule has 2 rings (SSSR count). The van der Waals surface area contributed by atoms with Gasteiger partial charge < -0.3 is 14.5 Å². The van der Waals surface area contributed by atoms with E-state index in [0.29, 0.717) is 0 Å². The predicted octanol–water partition coefficient (Wildman–Crippen LogP) is 3.02. The van der Waals surface area contributed by atoms with Gasteiger partial charge in [0.05, 0.1) is 5.69 Å². The summed E-state index contributed by atoms with van der Waals surface area (Å²) in [5, 5.41) is 1.25. The van der Waals surface area contributed by atoms with Gasteiger partial charge in [-0.3, -0.25) is 0 Å². The van der Waals surface area contributed by atoms with Gasteiger partial charge in [-0.2, -0.15) is 0 Å². The molecule has 0 unspecified atom stereocenters. The van der Waals surface area contributed by atoms with Crippen LogP contribution in [0.1, 0.15) is 24.5 Å². The maximum Gasteiger partial charge on any atom is 0.198 e. The average molecular weight is 219 g/mol. The normalized spacial score (nSPS) is 11.5.